The fourth-order valence-corrected chi connectivity index (χ4v) is 1.70. The van der Waals surface area contributed by atoms with Gasteiger partial charge in [0, 0.05) is 11.8 Å². The van der Waals surface area contributed by atoms with E-state index in [2.05, 4.69) is 15.6 Å². The summed E-state index contributed by atoms with van der Waals surface area (Å²) < 4.78 is 10.2. The van der Waals surface area contributed by atoms with Crippen LogP contribution in [0, 0.1) is 0 Å². The van der Waals surface area contributed by atoms with Gasteiger partial charge in [0.05, 0.1) is 19.9 Å². The van der Waals surface area contributed by atoms with Crippen LogP contribution in [-0.2, 0) is 11.3 Å². The second kappa shape index (κ2) is 7.72. The Morgan fingerprint density at radius 3 is 2.95 bits per heavy atom. The van der Waals surface area contributed by atoms with Gasteiger partial charge in [0.1, 0.15) is 18.1 Å². The molecule has 0 atom stereocenters. The second-order valence-corrected chi connectivity index (χ2v) is 4.41. The summed E-state index contributed by atoms with van der Waals surface area (Å²) in [4.78, 5) is 15.6. The third-order valence-corrected chi connectivity index (χ3v) is 2.78. The zero-order chi connectivity index (χ0) is 15.8. The summed E-state index contributed by atoms with van der Waals surface area (Å²) in [5.74, 6) is 1.29. The number of aliphatic imine (C=N–C) groups is 1. The topological polar surface area (TPSA) is 102 Å². The van der Waals surface area contributed by atoms with Crippen molar-refractivity contribution in [2.45, 2.75) is 6.54 Å². The van der Waals surface area contributed by atoms with E-state index in [1.54, 1.807) is 31.6 Å². The molecule has 0 fully saturated rings. The van der Waals surface area contributed by atoms with Gasteiger partial charge in [-0.1, -0.05) is 6.07 Å². The lowest BCUT2D eigenvalue weighted by Crippen LogP contribution is -2.28. The number of ether oxygens (including phenoxy) is 1. The average Bonchev–Trinajstić information content (AvgIpc) is 3.04. The Bertz CT molecular complexity index is 638. The first-order chi connectivity index (χ1) is 10.7. The van der Waals surface area contributed by atoms with Crippen LogP contribution < -0.4 is 21.1 Å². The molecule has 116 valence electrons. The molecule has 0 aliphatic carbocycles. The molecule has 7 heteroatoms. The third-order valence-electron chi connectivity index (χ3n) is 2.78. The molecule has 0 unspecified atom stereocenters. The maximum absolute atomic E-state index is 11.6. The normalized spacial score (nSPS) is 11.0. The Labute approximate surface area is 128 Å². The Hall–Kier alpha value is -2.96. The van der Waals surface area contributed by atoms with Crippen molar-refractivity contribution in [2.24, 2.45) is 10.7 Å². The summed E-state index contributed by atoms with van der Waals surface area (Å²) in [5.41, 5.74) is 6.47. The van der Waals surface area contributed by atoms with Crippen LogP contribution in [0.3, 0.4) is 0 Å². The smallest absolute Gasteiger partial charge is 0.242 e. The van der Waals surface area contributed by atoms with Crippen LogP contribution in [0.4, 0.5) is 5.69 Å². The number of guanidine groups is 1. The molecule has 0 saturated heterocycles. The molecule has 0 spiro atoms. The van der Waals surface area contributed by atoms with E-state index in [1.807, 2.05) is 18.2 Å². The molecule has 0 aliphatic rings. The average molecular weight is 302 g/mol. The molecule has 0 radical (unpaired) electrons. The lowest BCUT2D eigenvalue weighted by atomic mass is 10.3. The first kappa shape index (κ1) is 15.4. The molecule has 4 N–H and O–H groups in total. The molecule has 1 aromatic carbocycles. The van der Waals surface area contributed by atoms with E-state index < -0.39 is 0 Å². The number of methoxy groups -OCH3 is 1. The van der Waals surface area contributed by atoms with Gasteiger partial charge in [0.25, 0.3) is 0 Å². The van der Waals surface area contributed by atoms with E-state index in [-0.39, 0.29) is 18.4 Å². The van der Waals surface area contributed by atoms with E-state index in [4.69, 9.17) is 14.9 Å². The number of hydrogen-bond donors (Lipinski definition) is 3. The van der Waals surface area contributed by atoms with Crippen molar-refractivity contribution < 1.29 is 13.9 Å². The van der Waals surface area contributed by atoms with E-state index in [1.165, 1.54) is 0 Å². The first-order valence-corrected chi connectivity index (χ1v) is 6.67. The molecule has 1 amide bonds. The fraction of sp³-hybridized carbons (Fsp3) is 0.200. The van der Waals surface area contributed by atoms with Crippen LogP contribution in [0.15, 0.2) is 52.1 Å². The molecule has 22 heavy (non-hydrogen) atoms. The number of carbonyl (C=O) groups excluding carboxylic acids is 1. The molecule has 0 saturated carbocycles. The van der Waals surface area contributed by atoms with E-state index >= 15 is 0 Å². The number of benzene rings is 1. The van der Waals surface area contributed by atoms with Gasteiger partial charge in [-0.3, -0.25) is 4.79 Å². The maximum Gasteiger partial charge on any atom is 0.242 e. The quantitative estimate of drug-likeness (QED) is 0.552. The summed E-state index contributed by atoms with van der Waals surface area (Å²) in [7, 11) is 1.58. The molecule has 2 aromatic rings. The van der Waals surface area contributed by atoms with Crippen molar-refractivity contribution in [1.29, 1.82) is 0 Å². The van der Waals surface area contributed by atoms with Gasteiger partial charge in [-0.2, -0.15) is 0 Å². The van der Waals surface area contributed by atoms with Crippen molar-refractivity contribution in [3.8, 4) is 5.75 Å². The number of rotatable bonds is 6. The molecular weight excluding hydrogens is 284 g/mol. The van der Waals surface area contributed by atoms with Crippen molar-refractivity contribution >= 4 is 17.6 Å². The van der Waals surface area contributed by atoms with Crippen molar-refractivity contribution in [1.82, 2.24) is 5.32 Å². The summed E-state index contributed by atoms with van der Waals surface area (Å²) in [6.07, 6.45) is 1.55. The second-order valence-electron chi connectivity index (χ2n) is 4.41. The minimum atomic E-state index is -0.244. The Morgan fingerprint density at radius 2 is 2.23 bits per heavy atom. The number of nitrogens with two attached hydrogens (primary N) is 1. The van der Waals surface area contributed by atoms with Crippen molar-refractivity contribution in [2.75, 3.05) is 19.0 Å². The van der Waals surface area contributed by atoms with Gasteiger partial charge in [-0.05, 0) is 24.3 Å². The first-order valence-electron chi connectivity index (χ1n) is 6.67. The standard InChI is InChI=1S/C15H18N4O3/c1-21-12-5-2-4-11(8-12)19-15(16)18-10-14(20)17-9-13-6-3-7-22-13/h2-8H,9-10H2,1H3,(H,17,20)(H3,16,18,19). The van der Waals surface area contributed by atoms with Crippen molar-refractivity contribution in [3.63, 3.8) is 0 Å². The number of anilines is 1. The molecule has 0 bridgehead atoms. The largest absolute Gasteiger partial charge is 0.497 e. The monoisotopic (exact) mass is 302 g/mol. The van der Waals surface area contributed by atoms with Gasteiger partial charge in [-0.15, -0.1) is 0 Å². The van der Waals surface area contributed by atoms with Gasteiger partial charge in [0.2, 0.25) is 5.91 Å². The summed E-state index contributed by atoms with van der Waals surface area (Å²) >= 11 is 0. The lowest BCUT2D eigenvalue weighted by Gasteiger charge is -2.07. The van der Waals surface area contributed by atoms with Gasteiger partial charge < -0.3 is 25.5 Å². The minimum absolute atomic E-state index is 0.0660. The molecule has 0 aliphatic heterocycles. The molecule has 7 nitrogen and oxygen atoms in total. The van der Waals surface area contributed by atoms with Crippen LogP contribution >= 0.6 is 0 Å². The summed E-state index contributed by atoms with van der Waals surface area (Å²) in [5, 5.41) is 5.57. The molecule has 2 rings (SSSR count). The highest BCUT2D eigenvalue weighted by Crippen LogP contribution is 2.16. The highest BCUT2D eigenvalue weighted by atomic mass is 16.5. The number of hydrogen-bond acceptors (Lipinski definition) is 4. The number of nitrogens with zero attached hydrogens (tertiary/aromatic N) is 1. The predicted molar refractivity (Wildman–Crippen MR) is 83.7 cm³/mol. The van der Waals surface area contributed by atoms with Gasteiger partial charge in [-0.25, -0.2) is 4.99 Å². The zero-order valence-electron chi connectivity index (χ0n) is 12.2. The van der Waals surface area contributed by atoms with Crippen LogP contribution in [-0.4, -0.2) is 25.5 Å². The van der Waals surface area contributed by atoms with E-state index in [0.717, 1.165) is 5.69 Å². The fourth-order valence-electron chi connectivity index (χ4n) is 1.70. The summed E-state index contributed by atoms with van der Waals surface area (Å²) in [6.45, 7) is 0.258. The predicted octanol–water partition coefficient (Wildman–Crippen LogP) is 1.33. The number of nitrogens with one attached hydrogen (secondary N) is 2. The molecule has 1 aromatic heterocycles. The highest BCUT2D eigenvalue weighted by Gasteiger charge is 2.03. The van der Waals surface area contributed by atoms with E-state index in [0.29, 0.717) is 18.1 Å². The van der Waals surface area contributed by atoms with Crippen molar-refractivity contribution in [3.05, 3.63) is 48.4 Å². The van der Waals surface area contributed by atoms with E-state index in [9.17, 15) is 4.79 Å². The van der Waals surface area contributed by atoms with Crippen LogP contribution in [0.25, 0.3) is 0 Å². The highest BCUT2D eigenvalue weighted by molar-refractivity contribution is 5.94. The van der Waals surface area contributed by atoms with Crippen LogP contribution in [0.5, 0.6) is 5.75 Å². The number of amides is 1. The Morgan fingerprint density at radius 1 is 1.36 bits per heavy atom. The summed E-state index contributed by atoms with van der Waals surface area (Å²) in [6, 6.07) is 10.8. The van der Waals surface area contributed by atoms with Crippen LogP contribution in [0.2, 0.25) is 0 Å². The maximum atomic E-state index is 11.6. The third kappa shape index (κ3) is 4.86. The SMILES string of the molecule is COc1cccc(NC(N)=NCC(=O)NCc2ccco2)c1. The number of carbonyl (C=O) groups is 1. The minimum Gasteiger partial charge on any atom is -0.497 e. The Balaban J connectivity index is 1.80. The lowest BCUT2D eigenvalue weighted by molar-refractivity contribution is -0.119. The molecule has 1 heterocycles. The van der Waals surface area contributed by atoms with Crippen LogP contribution in [0.1, 0.15) is 5.76 Å². The molecular formula is C15H18N4O3. The van der Waals surface area contributed by atoms with Gasteiger partial charge in [0.15, 0.2) is 5.96 Å². The number of furan rings is 1. The van der Waals surface area contributed by atoms with Gasteiger partial charge >= 0.3 is 0 Å². The Kier molecular flexibility index (Phi) is 5.42. The zero-order valence-corrected chi connectivity index (χ0v) is 12.2.